The molecule has 0 radical (unpaired) electrons. The predicted octanol–water partition coefficient (Wildman–Crippen LogP) is 2.98. The van der Waals surface area contributed by atoms with Crippen molar-refractivity contribution >= 4 is 16.8 Å². The van der Waals surface area contributed by atoms with Crippen LogP contribution in [-0.2, 0) is 26.1 Å². The first-order valence-electron chi connectivity index (χ1n) is 6.59. The van der Waals surface area contributed by atoms with Gasteiger partial charge in [0.1, 0.15) is 5.25 Å². The fourth-order valence-corrected chi connectivity index (χ4v) is 3.39. The number of carbonyl (C=O) groups excluding carboxylic acids is 1. The van der Waals surface area contributed by atoms with Crippen molar-refractivity contribution in [2.75, 3.05) is 7.11 Å². The van der Waals surface area contributed by atoms with E-state index in [4.69, 9.17) is 4.74 Å². The summed E-state index contributed by atoms with van der Waals surface area (Å²) in [5.41, 5.74) is 2.14. The van der Waals surface area contributed by atoms with Crippen LogP contribution in [0.2, 0.25) is 0 Å². The van der Waals surface area contributed by atoms with Crippen LogP contribution in [0.1, 0.15) is 37.3 Å². The summed E-state index contributed by atoms with van der Waals surface area (Å²) < 4.78 is 17.1. The van der Waals surface area contributed by atoms with E-state index in [1.54, 1.807) is 0 Å². The zero-order valence-corrected chi connectivity index (χ0v) is 12.7. The summed E-state index contributed by atoms with van der Waals surface area (Å²) in [6.07, 6.45) is 2.50. The van der Waals surface area contributed by atoms with Gasteiger partial charge in [-0.3, -0.25) is 9.00 Å². The van der Waals surface area contributed by atoms with Crippen molar-refractivity contribution in [3.63, 3.8) is 0 Å². The smallest absolute Gasteiger partial charge is 0.321 e. The molecule has 19 heavy (non-hydrogen) atoms. The quantitative estimate of drug-likeness (QED) is 0.722. The fraction of sp³-hybridized carbons (Fsp3) is 0.533. The third kappa shape index (κ3) is 5.15. The molecule has 0 aromatic heterocycles. The van der Waals surface area contributed by atoms with E-state index in [1.807, 2.05) is 31.2 Å². The van der Waals surface area contributed by atoms with E-state index in [0.717, 1.165) is 24.0 Å². The molecule has 2 atom stereocenters. The zero-order valence-electron chi connectivity index (χ0n) is 11.8. The highest BCUT2D eigenvalue weighted by atomic mass is 32.2. The number of hydrogen-bond donors (Lipinski definition) is 0. The number of hydrogen-bond acceptors (Lipinski definition) is 3. The Hall–Kier alpha value is -1.16. The van der Waals surface area contributed by atoms with Gasteiger partial charge in [-0.2, -0.15) is 0 Å². The van der Waals surface area contributed by atoms with E-state index >= 15 is 0 Å². The van der Waals surface area contributed by atoms with Gasteiger partial charge >= 0.3 is 5.97 Å². The van der Waals surface area contributed by atoms with Crippen molar-refractivity contribution in [3.8, 4) is 0 Å². The second-order valence-corrected chi connectivity index (χ2v) is 6.29. The van der Waals surface area contributed by atoms with E-state index in [9.17, 15) is 9.00 Å². The molecule has 0 aliphatic rings. The van der Waals surface area contributed by atoms with E-state index in [1.165, 1.54) is 7.11 Å². The predicted molar refractivity (Wildman–Crippen MR) is 78.4 cm³/mol. The normalized spacial score (nSPS) is 13.8. The molecule has 3 nitrogen and oxygen atoms in total. The standard InChI is InChI=1S/C15H22O3S/c1-4-5-9-14(15(16)18-3)19(17)11-13-8-6-7-12(2)10-13/h6-8,10,14H,4-5,9,11H2,1-3H3. The second-order valence-electron chi connectivity index (χ2n) is 4.67. The summed E-state index contributed by atoms with van der Waals surface area (Å²) in [6, 6.07) is 7.90. The average Bonchev–Trinajstić information content (AvgIpc) is 2.38. The van der Waals surface area contributed by atoms with Gasteiger partial charge in [-0.1, -0.05) is 49.6 Å². The van der Waals surface area contributed by atoms with Crippen LogP contribution < -0.4 is 0 Å². The van der Waals surface area contributed by atoms with Crippen LogP contribution in [0.3, 0.4) is 0 Å². The number of methoxy groups -OCH3 is 1. The van der Waals surface area contributed by atoms with Crippen LogP contribution in [-0.4, -0.2) is 22.5 Å². The van der Waals surface area contributed by atoms with Crippen LogP contribution in [0.4, 0.5) is 0 Å². The highest BCUT2D eigenvalue weighted by Gasteiger charge is 2.25. The summed E-state index contributed by atoms with van der Waals surface area (Å²) >= 11 is 0. The topological polar surface area (TPSA) is 43.4 Å². The number of aryl methyl sites for hydroxylation is 1. The van der Waals surface area contributed by atoms with Crippen LogP contribution in [0, 0.1) is 6.92 Å². The molecule has 0 aliphatic heterocycles. The first kappa shape index (κ1) is 15.9. The number of ether oxygens (including phenoxy) is 1. The zero-order chi connectivity index (χ0) is 14.3. The van der Waals surface area contributed by atoms with Gasteiger partial charge in [-0.15, -0.1) is 0 Å². The van der Waals surface area contributed by atoms with Gasteiger partial charge in [-0.05, 0) is 18.9 Å². The molecule has 1 rings (SSSR count). The maximum absolute atomic E-state index is 12.3. The Morgan fingerprint density at radius 3 is 2.74 bits per heavy atom. The summed E-state index contributed by atoms with van der Waals surface area (Å²) in [6.45, 7) is 4.05. The van der Waals surface area contributed by atoms with Crippen molar-refractivity contribution < 1.29 is 13.7 Å². The summed E-state index contributed by atoms with van der Waals surface area (Å²) in [5, 5.41) is -0.509. The Balaban J connectivity index is 2.73. The highest BCUT2D eigenvalue weighted by molar-refractivity contribution is 7.85. The lowest BCUT2D eigenvalue weighted by Gasteiger charge is -2.14. The molecule has 1 aromatic rings. The maximum Gasteiger partial charge on any atom is 0.321 e. The molecule has 0 fully saturated rings. The Bertz CT molecular complexity index is 443. The summed E-state index contributed by atoms with van der Waals surface area (Å²) in [5.74, 6) is 0.0463. The number of carbonyl (C=O) groups is 1. The molecule has 0 amide bonds. The van der Waals surface area contributed by atoms with E-state index < -0.39 is 16.0 Å². The molecule has 0 aliphatic carbocycles. The summed E-state index contributed by atoms with van der Waals surface area (Å²) in [4.78, 5) is 11.7. The molecule has 2 unspecified atom stereocenters. The second kappa shape index (κ2) is 8.10. The van der Waals surface area contributed by atoms with Crippen LogP contribution in [0.25, 0.3) is 0 Å². The van der Waals surface area contributed by atoms with Crippen LogP contribution in [0.5, 0.6) is 0 Å². The Kier molecular flexibility index (Phi) is 6.78. The lowest BCUT2D eigenvalue weighted by Crippen LogP contribution is -2.28. The number of unbranched alkanes of at least 4 members (excludes halogenated alkanes) is 1. The molecule has 0 spiro atoms. The fourth-order valence-electron chi connectivity index (χ4n) is 1.94. The molecule has 106 valence electrons. The van der Waals surface area contributed by atoms with Crippen molar-refractivity contribution in [2.45, 2.75) is 44.1 Å². The maximum atomic E-state index is 12.3. The Labute approximate surface area is 117 Å². The minimum Gasteiger partial charge on any atom is -0.468 e. The molecule has 0 saturated heterocycles. The number of rotatable bonds is 7. The first-order valence-corrected chi connectivity index (χ1v) is 7.97. The van der Waals surface area contributed by atoms with Gasteiger partial charge in [0.2, 0.25) is 0 Å². The van der Waals surface area contributed by atoms with Gasteiger partial charge in [0.15, 0.2) is 0 Å². The van der Waals surface area contributed by atoms with Gasteiger partial charge in [0.25, 0.3) is 0 Å². The van der Waals surface area contributed by atoms with Gasteiger partial charge in [0.05, 0.1) is 7.11 Å². The minimum absolute atomic E-state index is 0.362. The van der Waals surface area contributed by atoms with Crippen molar-refractivity contribution in [2.24, 2.45) is 0 Å². The monoisotopic (exact) mass is 282 g/mol. The largest absolute Gasteiger partial charge is 0.468 e. The van der Waals surface area contributed by atoms with E-state index in [0.29, 0.717) is 12.2 Å². The Morgan fingerprint density at radius 1 is 1.42 bits per heavy atom. The van der Waals surface area contributed by atoms with Gasteiger partial charge in [-0.25, -0.2) is 0 Å². The first-order chi connectivity index (χ1) is 9.08. The SMILES string of the molecule is CCCCC(C(=O)OC)S(=O)Cc1cccc(C)c1. The van der Waals surface area contributed by atoms with Crippen molar-refractivity contribution in [1.82, 2.24) is 0 Å². The van der Waals surface area contributed by atoms with E-state index in [-0.39, 0.29) is 5.97 Å². The van der Waals surface area contributed by atoms with Crippen molar-refractivity contribution in [1.29, 1.82) is 0 Å². The molecule has 0 heterocycles. The molecule has 1 aromatic carbocycles. The highest BCUT2D eigenvalue weighted by Crippen LogP contribution is 2.15. The van der Waals surface area contributed by atoms with Gasteiger partial charge in [0, 0.05) is 16.6 Å². The molecule has 0 N–H and O–H groups in total. The third-order valence-electron chi connectivity index (χ3n) is 2.99. The molecule has 0 bridgehead atoms. The van der Waals surface area contributed by atoms with E-state index in [2.05, 4.69) is 6.92 Å². The van der Waals surface area contributed by atoms with Gasteiger partial charge < -0.3 is 4.74 Å². The summed E-state index contributed by atoms with van der Waals surface area (Å²) in [7, 11) is 0.129. The molecular weight excluding hydrogens is 260 g/mol. The van der Waals surface area contributed by atoms with Crippen molar-refractivity contribution in [3.05, 3.63) is 35.4 Å². The average molecular weight is 282 g/mol. The molecule has 0 saturated carbocycles. The minimum atomic E-state index is -1.22. The molecular formula is C15H22O3S. The number of esters is 1. The number of benzene rings is 1. The molecule has 4 heteroatoms. The Morgan fingerprint density at radius 2 is 2.16 bits per heavy atom. The van der Waals surface area contributed by atoms with Crippen LogP contribution >= 0.6 is 0 Å². The lowest BCUT2D eigenvalue weighted by atomic mass is 10.2. The third-order valence-corrected chi connectivity index (χ3v) is 4.67. The van der Waals surface area contributed by atoms with Crippen LogP contribution in [0.15, 0.2) is 24.3 Å². The lowest BCUT2D eigenvalue weighted by molar-refractivity contribution is -0.140.